The zero-order valence-electron chi connectivity index (χ0n) is 12.7. The van der Waals surface area contributed by atoms with E-state index in [-0.39, 0.29) is 24.4 Å². The van der Waals surface area contributed by atoms with Crippen LogP contribution in [0.2, 0.25) is 10.0 Å². The number of likely N-dealkylation sites (N-methyl/N-ethyl adjacent to an activating group) is 1. The van der Waals surface area contributed by atoms with Gasteiger partial charge >= 0.3 is 0 Å². The van der Waals surface area contributed by atoms with Crippen LogP contribution in [0, 0.1) is 5.82 Å². The summed E-state index contributed by atoms with van der Waals surface area (Å²) in [5.74, 6) is -0.0404. The predicted molar refractivity (Wildman–Crippen MR) is 89.5 cm³/mol. The van der Waals surface area contributed by atoms with Crippen molar-refractivity contribution in [3.05, 3.63) is 63.9 Å². The molecule has 23 heavy (non-hydrogen) atoms. The van der Waals surface area contributed by atoms with Crippen LogP contribution in [0.1, 0.15) is 18.5 Å². The van der Waals surface area contributed by atoms with Crippen molar-refractivity contribution < 1.29 is 13.9 Å². The summed E-state index contributed by atoms with van der Waals surface area (Å²) in [5.41, 5.74) is 0.844. The van der Waals surface area contributed by atoms with Crippen molar-refractivity contribution in [3.8, 4) is 5.75 Å². The molecule has 0 radical (unpaired) electrons. The fraction of sp³-hybridized carbons (Fsp3) is 0.235. The second kappa shape index (κ2) is 7.66. The van der Waals surface area contributed by atoms with E-state index in [4.69, 9.17) is 27.9 Å². The molecular weight excluding hydrogens is 340 g/mol. The van der Waals surface area contributed by atoms with E-state index in [9.17, 15) is 9.18 Å². The van der Waals surface area contributed by atoms with Gasteiger partial charge in [-0.2, -0.15) is 0 Å². The SMILES string of the molecule is CC(c1ccc(F)cc1)N(C)C(=O)COc1ccc(Cl)c(Cl)c1. The maximum Gasteiger partial charge on any atom is 0.260 e. The number of rotatable bonds is 5. The van der Waals surface area contributed by atoms with Gasteiger partial charge in [-0.05, 0) is 36.8 Å². The maximum absolute atomic E-state index is 13.0. The van der Waals surface area contributed by atoms with Crippen LogP contribution in [0.15, 0.2) is 42.5 Å². The quantitative estimate of drug-likeness (QED) is 0.775. The molecule has 0 aliphatic rings. The standard InChI is InChI=1S/C17H16Cl2FNO2/c1-11(12-3-5-13(20)6-4-12)21(2)17(22)10-23-14-7-8-15(18)16(19)9-14/h3-9,11H,10H2,1-2H3. The highest BCUT2D eigenvalue weighted by Crippen LogP contribution is 2.26. The molecule has 0 saturated heterocycles. The molecular formula is C17H16Cl2FNO2. The number of hydrogen-bond donors (Lipinski definition) is 0. The zero-order valence-corrected chi connectivity index (χ0v) is 14.2. The van der Waals surface area contributed by atoms with E-state index in [1.807, 2.05) is 6.92 Å². The van der Waals surface area contributed by atoms with Crippen LogP contribution in [0.5, 0.6) is 5.75 Å². The van der Waals surface area contributed by atoms with Crippen LogP contribution in [0.25, 0.3) is 0 Å². The van der Waals surface area contributed by atoms with Crippen molar-refractivity contribution in [3.63, 3.8) is 0 Å². The van der Waals surface area contributed by atoms with Crippen LogP contribution in [0.4, 0.5) is 4.39 Å². The average molecular weight is 356 g/mol. The molecule has 1 atom stereocenters. The second-order valence-corrected chi connectivity index (χ2v) is 5.91. The lowest BCUT2D eigenvalue weighted by molar-refractivity contribution is -0.134. The molecule has 0 fully saturated rings. The van der Waals surface area contributed by atoms with Gasteiger partial charge in [0.05, 0.1) is 16.1 Å². The number of amides is 1. The number of carbonyl (C=O) groups excluding carboxylic acids is 1. The van der Waals surface area contributed by atoms with Gasteiger partial charge in [-0.1, -0.05) is 35.3 Å². The Kier molecular flexibility index (Phi) is 5.85. The van der Waals surface area contributed by atoms with Crippen LogP contribution >= 0.6 is 23.2 Å². The first kappa shape index (κ1) is 17.6. The summed E-state index contributed by atoms with van der Waals surface area (Å²) in [7, 11) is 1.68. The van der Waals surface area contributed by atoms with E-state index in [0.717, 1.165) is 5.56 Å². The van der Waals surface area contributed by atoms with Gasteiger partial charge in [0.2, 0.25) is 0 Å². The van der Waals surface area contributed by atoms with Crippen LogP contribution in [0.3, 0.4) is 0 Å². The highest BCUT2D eigenvalue weighted by Gasteiger charge is 2.18. The molecule has 2 rings (SSSR count). The predicted octanol–water partition coefficient (Wildman–Crippen LogP) is 4.73. The summed E-state index contributed by atoms with van der Waals surface area (Å²) in [6, 6.07) is 10.7. The molecule has 2 aromatic carbocycles. The van der Waals surface area contributed by atoms with Gasteiger partial charge in [0.25, 0.3) is 5.91 Å². The Bertz CT molecular complexity index is 691. The van der Waals surface area contributed by atoms with Crippen molar-refractivity contribution in [2.24, 2.45) is 0 Å². The van der Waals surface area contributed by atoms with E-state index in [1.165, 1.54) is 12.1 Å². The van der Waals surface area contributed by atoms with Gasteiger partial charge < -0.3 is 9.64 Å². The summed E-state index contributed by atoms with van der Waals surface area (Å²) in [4.78, 5) is 13.8. The molecule has 0 aliphatic heterocycles. The highest BCUT2D eigenvalue weighted by atomic mass is 35.5. The van der Waals surface area contributed by atoms with E-state index in [2.05, 4.69) is 0 Å². The molecule has 0 bridgehead atoms. The molecule has 0 spiro atoms. The summed E-state index contributed by atoms with van der Waals surface area (Å²) < 4.78 is 18.4. The number of hydrogen-bond acceptors (Lipinski definition) is 2. The molecule has 0 N–H and O–H groups in total. The lowest BCUT2D eigenvalue weighted by atomic mass is 10.1. The number of ether oxygens (including phenoxy) is 1. The smallest absolute Gasteiger partial charge is 0.260 e. The molecule has 1 unspecified atom stereocenters. The van der Waals surface area contributed by atoms with E-state index < -0.39 is 0 Å². The van der Waals surface area contributed by atoms with Crippen molar-refractivity contribution in [1.29, 1.82) is 0 Å². The molecule has 0 aliphatic carbocycles. The molecule has 3 nitrogen and oxygen atoms in total. The molecule has 1 amide bonds. The van der Waals surface area contributed by atoms with Crippen LogP contribution < -0.4 is 4.74 Å². The third-order valence-electron chi connectivity index (χ3n) is 3.58. The number of halogens is 3. The van der Waals surface area contributed by atoms with Gasteiger partial charge in [-0.15, -0.1) is 0 Å². The third-order valence-corrected chi connectivity index (χ3v) is 4.32. The largest absolute Gasteiger partial charge is 0.484 e. The molecule has 0 aromatic heterocycles. The lowest BCUT2D eigenvalue weighted by Crippen LogP contribution is -2.33. The summed E-state index contributed by atoms with van der Waals surface area (Å²) in [6.07, 6.45) is 0. The Labute approximate surface area is 144 Å². The van der Waals surface area contributed by atoms with Gasteiger partial charge in [0.15, 0.2) is 6.61 Å². The Morgan fingerprint density at radius 3 is 2.43 bits per heavy atom. The van der Waals surface area contributed by atoms with E-state index >= 15 is 0 Å². The lowest BCUT2D eigenvalue weighted by Gasteiger charge is -2.25. The molecule has 0 saturated carbocycles. The Balaban J connectivity index is 1.96. The minimum Gasteiger partial charge on any atom is -0.484 e. The Hall–Kier alpha value is -1.78. The number of nitrogens with zero attached hydrogens (tertiary/aromatic N) is 1. The first-order valence-corrected chi connectivity index (χ1v) is 7.73. The molecule has 6 heteroatoms. The molecule has 122 valence electrons. The Morgan fingerprint density at radius 2 is 1.83 bits per heavy atom. The molecule has 0 heterocycles. The van der Waals surface area contributed by atoms with E-state index in [0.29, 0.717) is 15.8 Å². The van der Waals surface area contributed by atoms with Crippen LogP contribution in [-0.2, 0) is 4.79 Å². The van der Waals surface area contributed by atoms with E-state index in [1.54, 1.807) is 42.3 Å². The minimum atomic E-state index is -0.308. The maximum atomic E-state index is 13.0. The highest BCUT2D eigenvalue weighted by molar-refractivity contribution is 6.42. The fourth-order valence-electron chi connectivity index (χ4n) is 1.99. The third kappa shape index (κ3) is 4.60. The summed E-state index contributed by atoms with van der Waals surface area (Å²) in [5, 5.41) is 0.789. The van der Waals surface area contributed by atoms with Crippen molar-refractivity contribution in [2.45, 2.75) is 13.0 Å². The number of carbonyl (C=O) groups is 1. The average Bonchev–Trinajstić information content (AvgIpc) is 2.55. The van der Waals surface area contributed by atoms with Crippen molar-refractivity contribution >= 4 is 29.1 Å². The normalized spacial score (nSPS) is 11.9. The molecule has 2 aromatic rings. The fourth-order valence-corrected chi connectivity index (χ4v) is 2.28. The van der Waals surface area contributed by atoms with Gasteiger partial charge in [0.1, 0.15) is 11.6 Å². The second-order valence-electron chi connectivity index (χ2n) is 5.10. The first-order chi connectivity index (χ1) is 10.9. The van der Waals surface area contributed by atoms with Gasteiger partial charge in [0, 0.05) is 13.1 Å². The minimum absolute atomic E-state index is 0.125. The van der Waals surface area contributed by atoms with Gasteiger partial charge in [-0.3, -0.25) is 4.79 Å². The topological polar surface area (TPSA) is 29.5 Å². The van der Waals surface area contributed by atoms with Crippen molar-refractivity contribution in [1.82, 2.24) is 4.90 Å². The van der Waals surface area contributed by atoms with Gasteiger partial charge in [-0.25, -0.2) is 4.39 Å². The summed E-state index contributed by atoms with van der Waals surface area (Å²) in [6.45, 7) is 1.74. The Morgan fingerprint density at radius 1 is 1.17 bits per heavy atom. The monoisotopic (exact) mass is 355 g/mol. The first-order valence-electron chi connectivity index (χ1n) is 6.97. The zero-order chi connectivity index (χ0) is 17.0. The number of benzene rings is 2. The van der Waals surface area contributed by atoms with Crippen molar-refractivity contribution in [2.75, 3.05) is 13.7 Å². The summed E-state index contributed by atoms with van der Waals surface area (Å²) >= 11 is 11.7. The van der Waals surface area contributed by atoms with Crippen LogP contribution in [-0.4, -0.2) is 24.5 Å².